The van der Waals surface area contributed by atoms with Crippen molar-refractivity contribution in [1.29, 1.82) is 0 Å². The number of imidazole rings is 1. The fourth-order valence-electron chi connectivity index (χ4n) is 2.75. The van der Waals surface area contributed by atoms with Crippen molar-refractivity contribution in [1.82, 2.24) is 14.6 Å². The highest BCUT2D eigenvalue weighted by Crippen LogP contribution is 2.26. The molecule has 4 aromatic rings. The van der Waals surface area contributed by atoms with Gasteiger partial charge >= 0.3 is 0 Å². The lowest BCUT2D eigenvalue weighted by Crippen LogP contribution is -2.00. The first-order chi connectivity index (χ1) is 12.8. The maximum absolute atomic E-state index is 11.6. The van der Waals surface area contributed by atoms with E-state index >= 15 is 0 Å². The third-order valence-electron chi connectivity index (χ3n) is 3.99. The molecule has 0 N–H and O–H groups in total. The largest absolute Gasteiger partial charge is 0.494 e. The maximum Gasteiger partial charge on any atom is 0.213 e. The molecule has 0 unspecified atom stereocenters. The van der Waals surface area contributed by atoms with Crippen molar-refractivity contribution in [2.75, 3.05) is 6.61 Å². The number of aromatic nitrogens is 3. The molecule has 26 heavy (non-hydrogen) atoms. The van der Waals surface area contributed by atoms with Crippen LogP contribution in [0.5, 0.6) is 5.75 Å². The average molecular weight is 363 g/mol. The predicted molar refractivity (Wildman–Crippen MR) is 102 cm³/mol. The van der Waals surface area contributed by atoms with Crippen LogP contribution in [0, 0.1) is 0 Å². The van der Waals surface area contributed by atoms with Crippen LogP contribution in [-0.4, -0.2) is 27.5 Å². The second-order valence-corrected chi connectivity index (χ2v) is 6.83. The van der Waals surface area contributed by atoms with E-state index in [9.17, 15) is 4.79 Å². The van der Waals surface area contributed by atoms with Gasteiger partial charge in [-0.1, -0.05) is 59.9 Å². The molecule has 2 heterocycles. The maximum atomic E-state index is 11.6. The summed E-state index contributed by atoms with van der Waals surface area (Å²) in [5.41, 5.74) is 2.10. The summed E-state index contributed by atoms with van der Waals surface area (Å²) >= 11 is 1.51. The minimum absolute atomic E-state index is 0.495. The number of aryl methyl sites for hydroxylation is 1. The second-order valence-electron chi connectivity index (χ2n) is 5.78. The fraction of sp³-hybridized carbons (Fsp3) is 0.150. The first-order valence-electron chi connectivity index (χ1n) is 8.42. The third kappa shape index (κ3) is 3.36. The molecule has 0 spiro atoms. The zero-order valence-electron chi connectivity index (χ0n) is 14.0. The number of para-hydroxylation sites is 1. The summed E-state index contributed by atoms with van der Waals surface area (Å²) < 4.78 is 7.35. The number of fused-ring (bicyclic) bond motifs is 1. The Labute approximate surface area is 154 Å². The highest BCUT2D eigenvalue weighted by Gasteiger charge is 2.17. The lowest BCUT2D eigenvalue weighted by atomic mass is 10.1. The van der Waals surface area contributed by atoms with Crippen molar-refractivity contribution in [3.63, 3.8) is 0 Å². The van der Waals surface area contributed by atoms with Crippen LogP contribution in [0.2, 0.25) is 0 Å². The van der Waals surface area contributed by atoms with Crippen LogP contribution in [-0.2, 0) is 6.42 Å². The molecule has 5 nitrogen and oxygen atoms in total. The smallest absolute Gasteiger partial charge is 0.213 e. The molecule has 4 rings (SSSR count). The first kappa shape index (κ1) is 16.5. The highest BCUT2D eigenvalue weighted by atomic mass is 32.1. The predicted octanol–water partition coefficient (Wildman–Crippen LogP) is 4.28. The SMILES string of the molecule is O=Cc1c(-c2ccccc2)nc2sc(CCCOc3ccccc3)nn12. The zero-order chi connectivity index (χ0) is 17.8. The van der Waals surface area contributed by atoms with Crippen LogP contribution in [0.4, 0.5) is 0 Å². The van der Waals surface area contributed by atoms with Gasteiger partial charge in [0.05, 0.1) is 6.61 Å². The van der Waals surface area contributed by atoms with Crippen molar-refractivity contribution >= 4 is 22.6 Å². The van der Waals surface area contributed by atoms with Gasteiger partial charge in [0, 0.05) is 12.0 Å². The number of ether oxygens (including phenoxy) is 1. The molecule has 0 radical (unpaired) electrons. The topological polar surface area (TPSA) is 56.5 Å². The van der Waals surface area contributed by atoms with Crippen LogP contribution in [0.25, 0.3) is 16.2 Å². The van der Waals surface area contributed by atoms with E-state index in [0.717, 1.165) is 40.4 Å². The summed E-state index contributed by atoms with van der Waals surface area (Å²) in [4.78, 5) is 16.9. The van der Waals surface area contributed by atoms with Gasteiger partial charge in [0.15, 0.2) is 6.29 Å². The Kier molecular flexibility index (Phi) is 4.75. The molecule has 2 aromatic carbocycles. The molecule has 0 saturated heterocycles. The number of rotatable bonds is 7. The average Bonchev–Trinajstić information content (AvgIpc) is 3.24. The lowest BCUT2D eigenvalue weighted by molar-refractivity contribution is 0.111. The molecule has 0 aliphatic rings. The second kappa shape index (κ2) is 7.49. The number of carbonyl (C=O) groups excluding carboxylic acids is 1. The van der Waals surface area contributed by atoms with Gasteiger partial charge in [-0.3, -0.25) is 4.79 Å². The number of benzene rings is 2. The molecular formula is C20H17N3O2S. The molecule has 0 saturated carbocycles. The van der Waals surface area contributed by atoms with E-state index in [1.807, 2.05) is 60.7 Å². The summed E-state index contributed by atoms with van der Waals surface area (Å²) in [6.45, 7) is 0.627. The van der Waals surface area contributed by atoms with E-state index in [4.69, 9.17) is 4.74 Å². The Morgan fingerprint density at radius 1 is 1.04 bits per heavy atom. The standard InChI is InChI=1S/C20H17N3O2S/c24-14-17-19(15-8-3-1-4-9-15)21-20-23(17)22-18(26-20)12-7-13-25-16-10-5-2-6-11-16/h1-6,8-11,14H,7,12-13H2. The van der Waals surface area contributed by atoms with Crippen molar-refractivity contribution < 1.29 is 9.53 Å². The molecule has 0 fully saturated rings. The molecule has 130 valence electrons. The zero-order valence-corrected chi connectivity index (χ0v) is 14.9. The summed E-state index contributed by atoms with van der Waals surface area (Å²) in [6.07, 6.45) is 2.47. The van der Waals surface area contributed by atoms with Gasteiger partial charge in [0.1, 0.15) is 22.1 Å². The molecule has 2 aromatic heterocycles. The normalized spacial score (nSPS) is 10.9. The molecule has 0 atom stereocenters. The van der Waals surface area contributed by atoms with Gasteiger partial charge in [0.25, 0.3) is 0 Å². The van der Waals surface area contributed by atoms with E-state index in [-0.39, 0.29) is 0 Å². The number of aldehydes is 1. The fourth-order valence-corrected chi connectivity index (χ4v) is 3.69. The molecular weight excluding hydrogens is 346 g/mol. The molecule has 0 aliphatic carbocycles. The third-order valence-corrected chi connectivity index (χ3v) is 4.95. The summed E-state index contributed by atoms with van der Waals surface area (Å²) in [5.74, 6) is 0.872. The number of nitrogens with zero attached hydrogens (tertiary/aromatic N) is 3. The Morgan fingerprint density at radius 3 is 2.50 bits per heavy atom. The van der Waals surface area contributed by atoms with Crippen molar-refractivity contribution in [2.24, 2.45) is 0 Å². The Bertz CT molecular complexity index is 1010. The minimum atomic E-state index is 0.495. The highest BCUT2D eigenvalue weighted by molar-refractivity contribution is 7.16. The van der Waals surface area contributed by atoms with Gasteiger partial charge in [-0.25, -0.2) is 4.98 Å². The van der Waals surface area contributed by atoms with Crippen molar-refractivity contribution in [3.05, 3.63) is 71.4 Å². The van der Waals surface area contributed by atoms with Gasteiger partial charge in [-0.2, -0.15) is 9.61 Å². The van der Waals surface area contributed by atoms with E-state index in [0.29, 0.717) is 18.0 Å². The van der Waals surface area contributed by atoms with Crippen molar-refractivity contribution in [3.8, 4) is 17.0 Å². The summed E-state index contributed by atoms with van der Waals surface area (Å²) in [5, 5.41) is 5.51. The lowest BCUT2D eigenvalue weighted by Gasteiger charge is -2.04. The Morgan fingerprint density at radius 2 is 1.77 bits per heavy atom. The van der Waals surface area contributed by atoms with Crippen LogP contribution >= 0.6 is 11.3 Å². The van der Waals surface area contributed by atoms with Crippen LogP contribution in [0.1, 0.15) is 21.9 Å². The van der Waals surface area contributed by atoms with E-state index in [1.165, 1.54) is 11.3 Å². The van der Waals surface area contributed by atoms with E-state index in [1.54, 1.807) is 4.52 Å². The molecule has 0 bridgehead atoms. The van der Waals surface area contributed by atoms with Gasteiger partial charge < -0.3 is 4.74 Å². The van der Waals surface area contributed by atoms with Crippen LogP contribution in [0.3, 0.4) is 0 Å². The van der Waals surface area contributed by atoms with E-state index < -0.39 is 0 Å². The Balaban J connectivity index is 1.46. The molecule has 6 heteroatoms. The Hall–Kier alpha value is -2.99. The minimum Gasteiger partial charge on any atom is -0.494 e. The number of carbonyl (C=O) groups is 1. The number of hydrogen-bond donors (Lipinski definition) is 0. The quantitative estimate of drug-likeness (QED) is 0.363. The first-order valence-corrected chi connectivity index (χ1v) is 9.23. The van der Waals surface area contributed by atoms with Crippen LogP contribution in [0.15, 0.2) is 60.7 Å². The molecule has 0 aliphatic heterocycles. The van der Waals surface area contributed by atoms with Gasteiger partial charge in [-0.15, -0.1) is 0 Å². The number of hydrogen-bond acceptors (Lipinski definition) is 5. The van der Waals surface area contributed by atoms with Crippen LogP contribution < -0.4 is 4.74 Å². The summed E-state index contributed by atoms with van der Waals surface area (Å²) in [7, 11) is 0. The van der Waals surface area contributed by atoms with E-state index in [2.05, 4.69) is 10.1 Å². The monoisotopic (exact) mass is 363 g/mol. The van der Waals surface area contributed by atoms with Crippen molar-refractivity contribution in [2.45, 2.75) is 12.8 Å². The molecule has 0 amide bonds. The van der Waals surface area contributed by atoms with Gasteiger partial charge in [0.2, 0.25) is 4.96 Å². The summed E-state index contributed by atoms with van der Waals surface area (Å²) in [6, 6.07) is 19.5. The van der Waals surface area contributed by atoms with Gasteiger partial charge in [-0.05, 0) is 18.6 Å².